The predicted octanol–water partition coefficient (Wildman–Crippen LogP) is 1.85. The summed E-state index contributed by atoms with van der Waals surface area (Å²) >= 11 is 0. The molecule has 2 amide bonds. The van der Waals surface area contributed by atoms with E-state index >= 15 is 0 Å². The summed E-state index contributed by atoms with van der Waals surface area (Å²) in [6, 6.07) is 0.0467. The van der Waals surface area contributed by atoms with Crippen LogP contribution in [0.25, 0.3) is 0 Å². The minimum Gasteiger partial charge on any atom is -0.396 e. The summed E-state index contributed by atoms with van der Waals surface area (Å²) in [4.78, 5) is 14.2. The van der Waals surface area contributed by atoms with E-state index in [1.165, 1.54) is 0 Å². The fourth-order valence-corrected chi connectivity index (χ4v) is 3.58. The first kappa shape index (κ1) is 16.6. The van der Waals surface area contributed by atoms with Gasteiger partial charge in [-0.2, -0.15) is 0 Å². The second-order valence-corrected chi connectivity index (χ2v) is 7.17. The van der Waals surface area contributed by atoms with Crippen LogP contribution >= 0.6 is 0 Å². The fraction of sp³-hybridized carbons (Fsp3) is 0.938. The van der Waals surface area contributed by atoms with Crippen LogP contribution < -0.4 is 5.32 Å². The SMILES string of the molecule is CC(C)CC(CCO)CNC(=O)N1CCC2(CCOC2)C1. The number of aliphatic hydroxyl groups excluding tert-OH is 1. The molecule has 2 atom stereocenters. The molecule has 0 aromatic carbocycles. The summed E-state index contributed by atoms with van der Waals surface area (Å²) in [7, 11) is 0. The van der Waals surface area contributed by atoms with Gasteiger partial charge in [-0.1, -0.05) is 13.8 Å². The summed E-state index contributed by atoms with van der Waals surface area (Å²) in [5, 5.41) is 12.2. The van der Waals surface area contributed by atoms with Crippen molar-refractivity contribution in [2.75, 3.05) is 39.5 Å². The smallest absolute Gasteiger partial charge is 0.317 e. The van der Waals surface area contributed by atoms with E-state index in [0.29, 0.717) is 18.4 Å². The van der Waals surface area contributed by atoms with E-state index in [9.17, 15) is 4.79 Å². The van der Waals surface area contributed by atoms with Crippen molar-refractivity contribution in [3.8, 4) is 0 Å². The Balaban J connectivity index is 1.76. The maximum absolute atomic E-state index is 12.3. The van der Waals surface area contributed by atoms with Crippen LogP contribution in [0.4, 0.5) is 4.79 Å². The number of amides is 2. The van der Waals surface area contributed by atoms with E-state index in [1.54, 1.807) is 0 Å². The van der Waals surface area contributed by atoms with Gasteiger partial charge < -0.3 is 20.1 Å². The lowest BCUT2D eigenvalue weighted by molar-refractivity contribution is 0.152. The molecule has 2 saturated heterocycles. The lowest BCUT2D eigenvalue weighted by Crippen LogP contribution is -2.42. The molecular weight excluding hydrogens is 268 g/mol. The number of ether oxygens (including phenoxy) is 1. The molecule has 2 aliphatic heterocycles. The first-order chi connectivity index (χ1) is 10.0. The van der Waals surface area contributed by atoms with E-state index in [0.717, 1.165) is 52.0 Å². The van der Waals surface area contributed by atoms with Crippen LogP contribution in [0.3, 0.4) is 0 Å². The Labute approximate surface area is 128 Å². The van der Waals surface area contributed by atoms with Crippen molar-refractivity contribution in [3.05, 3.63) is 0 Å². The maximum Gasteiger partial charge on any atom is 0.317 e. The number of rotatable bonds is 6. The molecule has 0 radical (unpaired) electrons. The van der Waals surface area contributed by atoms with Crippen LogP contribution in [0, 0.1) is 17.3 Å². The van der Waals surface area contributed by atoms with Crippen LogP contribution in [0.5, 0.6) is 0 Å². The van der Waals surface area contributed by atoms with Gasteiger partial charge in [0, 0.05) is 38.3 Å². The highest BCUT2D eigenvalue weighted by molar-refractivity contribution is 5.74. The lowest BCUT2D eigenvalue weighted by atomic mass is 9.87. The molecule has 0 bridgehead atoms. The number of likely N-dealkylation sites (tertiary alicyclic amines) is 1. The van der Waals surface area contributed by atoms with Crippen molar-refractivity contribution in [1.82, 2.24) is 10.2 Å². The van der Waals surface area contributed by atoms with Gasteiger partial charge in [0.25, 0.3) is 0 Å². The van der Waals surface area contributed by atoms with Crippen molar-refractivity contribution in [1.29, 1.82) is 0 Å². The normalized spacial score (nSPS) is 26.8. The average molecular weight is 298 g/mol. The Bertz CT molecular complexity index is 340. The molecule has 0 saturated carbocycles. The minimum atomic E-state index is 0.0467. The Morgan fingerprint density at radius 2 is 2.24 bits per heavy atom. The number of carbonyl (C=O) groups excluding carboxylic acids is 1. The van der Waals surface area contributed by atoms with Gasteiger partial charge in [0.1, 0.15) is 0 Å². The molecule has 2 aliphatic rings. The van der Waals surface area contributed by atoms with Crippen LogP contribution in [0.1, 0.15) is 39.5 Å². The highest BCUT2D eigenvalue weighted by Gasteiger charge is 2.42. The molecule has 2 heterocycles. The van der Waals surface area contributed by atoms with E-state index in [2.05, 4.69) is 19.2 Å². The molecule has 0 aromatic rings. The zero-order valence-electron chi connectivity index (χ0n) is 13.4. The topological polar surface area (TPSA) is 61.8 Å². The highest BCUT2D eigenvalue weighted by Crippen LogP contribution is 2.38. The summed E-state index contributed by atoms with van der Waals surface area (Å²) in [5.41, 5.74) is 0.222. The number of nitrogens with one attached hydrogen (secondary N) is 1. The fourth-order valence-electron chi connectivity index (χ4n) is 3.58. The van der Waals surface area contributed by atoms with Crippen molar-refractivity contribution < 1.29 is 14.6 Å². The highest BCUT2D eigenvalue weighted by atomic mass is 16.5. The molecule has 0 aromatic heterocycles. The molecule has 21 heavy (non-hydrogen) atoms. The number of urea groups is 1. The largest absolute Gasteiger partial charge is 0.396 e. The average Bonchev–Trinajstić information content (AvgIpc) is 3.06. The summed E-state index contributed by atoms with van der Waals surface area (Å²) < 4.78 is 5.50. The number of carbonyl (C=O) groups is 1. The van der Waals surface area contributed by atoms with Crippen LogP contribution in [-0.2, 0) is 4.74 Å². The lowest BCUT2D eigenvalue weighted by Gasteiger charge is -2.24. The molecule has 2 rings (SSSR count). The third-order valence-electron chi connectivity index (χ3n) is 4.79. The van der Waals surface area contributed by atoms with Crippen LogP contribution in [0.2, 0.25) is 0 Å². The van der Waals surface area contributed by atoms with Gasteiger partial charge >= 0.3 is 6.03 Å². The van der Waals surface area contributed by atoms with E-state index < -0.39 is 0 Å². The zero-order valence-corrected chi connectivity index (χ0v) is 13.4. The molecule has 5 nitrogen and oxygen atoms in total. The Hall–Kier alpha value is -0.810. The van der Waals surface area contributed by atoms with Crippen molar-refractivity contribution in [2.45, 2.75) is 39.5 Å². The maximum atomic E-state index is 12.3. The Morgan fingerprint density at radius 1 is 1.43 bits per heavy atom. The molecule has 0 aliphatic carbocycles. The molecule has 2 N–H and O–H groups in total. The summed E-state index contributed by atoms with van der Waals surface area (Å²) in [5.74, 6) is 0.953. The number of hydrogen-bond acceptors (Lipinski definition) is 3. The Morgan fingerprint density at radius 3 is 2.86 bits per heavy atom. The van der Waals surface area contributed by atoms with Crippen molar-refractivity contribution in [3.63, 3.8) is 0 Å². The zero-order chi connectivity index (χ0) is 15.3. The van der Waals surface area contributed by atoms with Crippen molar-refractivity contribution >= 4 is 6.03 Å². The van der Waals surface area contributed by atoms with E-state index in [4.69, 9.17) is 9.84 Å². The first-order valence-electron chi connectivity index (χ1n) is 8.26. The summed E-state index contributed by atoms with van der Waals surface area (Å²) in [6.45, 7) is 8.51. The number of hydrogen-bond donors (Lipinski definition) is 2. The van der Waals surface area contributed by atoms with Gasteiger partial charge in [0.05, 0.1) is 6.61 Å². The van der Waals surface area contributed by atoms with Gasteiger partial charge in [-0.15, -0.1) is 0 Å². The predicted molar refractivity (Wildman–Crippen MR) is 82.1 cm³/mol. The Kier molecular flexibility index (Phi) is 5.88. The van der Waals surface area contributed by atoms with Gasteiger partial charge in [0.2, 0.25) is 0 Å². The number of aliphatic hydroxyl groups is 1. The molecule has 2 unspecified atom stereocenters. The van der Waals surface area contributed by atoms with Crippen LogP contribution in [-0.4, -0.2) is 55.5 Å². The second-order valence-electron chi connectivity index (χ2n) is 7.17. The molecule has 122 valence electrons. The van der Waals surface area contributed by atoms with E-state index in [1.807, 2.05) is 4.90 Å². The minimum absolute atomic E-state index is 0.0467. The third kappa shape index (κ3) is 4.58. The van der Waals surface area contributed by atoms with Crippen molar-refractivity contribution in [2.24, 2.45) is 17.3 Å². The van der Waals surface area contributed by atoms with E-state index in [-0.39, 0.29) is 18.1 Å². The molecule has 2 fully saturated rings. The monoisotopic (exact) mass is 298 g/mol. The summed E-state index contributed by atoms with van der Waals surface area (Å²) in [6.07, 6.45) is 3.94. The molecule has 1 spiro atoms. The van der Waals surface area contributed by atoms with Gasteiger partial charge in [-0.05, 0) is 37.5 Å². The van der Waals surface area contributed by atoms with Gasteiger partial charge in [-0.3, -0.25) is 0 Å². The quantitative estimate of drug-likeness (QED) is 0.787. The van der Waals surface area contributed by atoms with Gasteiger partial charge in [0.15, 0.2) is 0 Å². The van der Waals surface area contributed by atoms with Gasteiger partial charge in [-0.25, -0.2) is 4.79 Å². The standard InChI is InChI=1S/C16H30N2O3/c1-13(2)9-14(3-7-19)10-17-15(20)18-6-4-16(11-18)5-8-21-12-16/h13-14,19H,3-12H2,1-2H3,(H,17,20). The molecule has 5 heteroatoms. The van der Waals surface area contributed by atoms with Crippen LogP contribution in [0.15, 0.2) is 0 Å². The number of nitrogens with zero attached hydrogens (tertiary/aromatic N) is 1. The third-order valence-corrected chi connectivity index (χ3v) is 4.79. The second kappa shape index (κ2) is 7.45. The first-order valence-corrected chi connectivity index (χ1v) is 8.26. The molecular formula is C16H30N2O3.